The maximum Gasteiger partial charge on any atom is -0.00849 e. The maximum atomic E-state index is 2.36. The molecule has 1 unspecified atom stereocenters. The van der Waals surface area contributed by atoms with Crippen LogP contribution in [0.4, 0.5) is 0 Å². The fraction of sp³-hybridized carbons (Fsp3) is 0.571. The average Bonchev–Trinajstić information content (AvgIpc) is 2.88. The van der Waals surface area contributed by atoms with Crippen LogP contribution in [0.15, 0.2) is 30.3 Å². The van der Waals surface area contributed by atoms with E-state index in [4.69, 9.17) is 0 Å². The fourth-order valence-corrected chi connectivity index (χ4v) is 2.57. The lowest BCUT2D eigenvalue weighted by Crippen LogP contribution is -2.20. The molecule has 0 heterocycles. The third-order valence-electron chi connectivity index (χ3n) is 3.19. The summed E-state index contributed by atoms with van der Waals surface area (Å²) in [7, 11) is 0. The molecule has 1 aromatic rings. The van der Waals surface area contributed by atoms with Gasteiger partial charge in [0.15, 0.2) is 0 Å². The topological polar surface area (TPSA) is 0 Å². The molecule has 1 aliphatic carbocycles. The Labute approximate surface area is 87.3 Å². The van der Waals surface area contributed by atoms with Gasteiger partial charge in [-0.05, 0) is 35.7 Å². The Morgan fingerprint density at radius 1 is 1.07 bits per heavy atom. The zero-order valence-electron chi connectivity index (χ0n) is 9.46. The second-order valence-corrected chi connectivity index (χ2v) is 5.59. The molecule has 0 spiro atoms. The van der Waals surface area contributed by atoms with E-state index in [0.717, 1.165) is 11.8 Å². The van der Waals surface area contributed by atoms with Crippen LogP contribution in [0.3, 0.4) is 0 Å². The molecule has 14 heavy (non-hydrogen) atoms. The molecule has 1 aromatic carbocycles. The minimum Gasteiger partial charge on any atom is -0.0622 e. The van der Waals surface area contributed by atoms with E-state index in [2.05, 4.69) is 51.1 Å². The second kappa shape index (κ2) is 3.42. The van der Waals surface area contributed by atoms with Gasteiger partial charge in [0, 0.05) is 0 Å². The van der Waals surface area contributed by atoms with Crippen molar-refractivity contribution in [2.45, 2.75) is 39.5 Å². The van der Waals surface area contributed by atoms with Crippen LogP contribution in [0.5, 0.6) is 0 Å². The molecule has 0 N–H and O–H groups in total. The van der Waals surface area contributed by atoms with Gasteiger partial charge in [-0.1, -0.05) is 51.1 Å². The van der Waals surface area contributed by atoms with Crippen LogP contribution < -0.4 is 0 Å². The third kappa shape index (κ3) is 2.00. The SMILES string of the molecule is CC(C)(C)C(c1ccccc1)C1CC1. The summed E-state index contributed by atoms with van der Waals surface area (Å²) in [6.07, 6.45) is 2.85. The van der Waals surface area contributed by atoms with E-state index < -0.39 is 0 Å². The molecule has 2 rings (SSSR count). The normalized spacial score (nSPS) is 19.4. The van der Waals surface area contributed by atoms with Gasteiger partial charge in [0.1, 0.15) is 0 Å². The van der Waals surface area contributed by atoms with Gasteiger partial charge < -0.3 is 0 Å². The number of hydrogen-bond donors (Lipinski definition) is 0. The Morgan fingerprint density at radius 2 is 1.64 bits per heavy atom. The van der Waals surface area contributed by atoms with E-state index in [0.29, 0.717) is 5.41 Å². The Kier molecular flexibility index (Phi) is 2.38. The van der Waals surface area contributed by atoms with Crippen molar-refractivity contribution in [3.63, 3.8) is 0 Å². The Bertz CT molecular complexity index is 288. The molecule has 1 aliphatic rings. The van der Waals surface area contributed by atoms with Crippen molar-refractivity contribution < 1.29 is 0 Å². The van der Waals surface area contributed by atoms with Crippen LogP contribution in [0, 0.1) is 11.3 Å². The predicted molar refractivity (Wildman–Crippen MR) is 61.4 cm³/mol. The molecule has 0 aromatic heterocycles. The largest absolute Gasteiger partial charge is 0.0622 e. The zero-order valence-corrected chi connectivity index (χ0v) is 9.46. The van der Waals surface area contributed by atoms with Crippen molar-refractivity contribution in [1.29, 1.82) is 0 Å². The molecule has 0 amide bonds. The Hall–Kier alpha value is -0.780. The van der Waals surface area contributed by atoms with Gasteiger partial charge >= 0.3 is 0 Å². The van der Waals surface area contributed by atoms with E-state index in [9.17, 15) is 0 Å². The summed E-state index contributed by atoms with van der Waals surface area (Å²) in [6, 6.07) is 11.0. The average molecular weight is 188 g/mol. The number of hydrogen-bond acceptors (Lipinski definition) is 0. The van der Waals surface area contributed by atoms with Gasteiger partial charge in [-0.15, -0.1) is 0 Å². The van der Waals surface area contributed by atoms with Crippen molar-refractivity contribution in [2.75, 3.05) is 0 Å². The molecule has 1 atom stereocenters. The first-order valence-corrected chi connectivity index (χ1v) is 5.64. The molecule has 1 fully saturated rings. The summed E-state index contributed by atoms with van der Waals surface area (Å²) < 4.78 is 0. The monoisotopic (exact) mass is 188 g/mol. The van der Waals surface area contributed by atoms with Gasteiger partial charge in [-0.2, -0.15) is 0 Å². The first kappa shape index (κ1) is 9.76. The lowest BCUT2D eigenvalue weighted by Gasteiger charge is -2.31. The van der Waals surface area contributed by atoms with Crippen molar-refractivity contribution >= 4 is 0 Å². The van der Waals surface area contributed by atoms with Gasteiger partial charge in [-0.3, -0.25) is 0 Å². The predicted octanol–water partition coefficient (Wildman–Crippen LogP) is 4.23. The standard InChI is InChI=1S/C14H20/c1-14(2,3)13(12-9-10-12)11-7-5-4-6-8-11/h4-8,12-13H,9-10H2,1-3H3. The van der Waals surface area contributed by atoms with Crippen molar-refractivity contribution in [3.05, 3.63) is 35.9 Å². The maximum absolute atomic E-state index is 2.36. The smallest absolute Gasteiger partial charge is 0.00849 e. The van der Waals surface area contributed by atoms with Crippen molar-refractivity contribution in [2.24, 2.45) is 11.3 Å². The summed E-state index contributed by atoms with van der Waals surface area (Å²) in [6.45, 7) is 7.09. The molecular weight excluding hydrogens is 168 g/mol. The Balaban J connectivity index is 2.28. The summed E-state index contributed by atoms with van der Waals surface area (Å²) in [5.41, 5.74) is 1.94. The van der Waals surface area contributed by atoms with Crippen LogP contribution >= 0.6 is 0 Å². The van der Waals surface area contributed by atoms with Gasteiger partial charge in [0.2, 0.25) is 0 Å². The van der Waals surface area contributed by atoms with Crippen molar-refractivity contribution in [3.8, 4) is 0 Å². The second-order valence-electron chi connectivity index (χ2n) is 5.59. The molecule has 1 saturated carbocycles. The summed E-state index contributed by atoms with van der Waals surface area (Å²) in [5.74, 6) is 1.70. The molecule has 0 radical (unpaired) electrons. The highest BCUT2D eigenvalue weighted by molar-refractivity contribution is 5.23. The third-order valence-corrected chi connectivity index (χ3v) is 3.19. The first-order chi connectivity index (χ1) is 6.59. The summed E-state index contributed by atoms with van der Waals surface area (Å²) >= 11 is 0. The molecular formula is C14H20. The minimum atomic E-state index is 0.405. The summed E-state index contributed by atoms with van der Waals surface area (Å²) in [4.78, 5) is 0. The lowest BCUT2D eigenvalue weighted by molar-refractivity contribution is 0.291. The molecule has 0 saturated heterocycles. The quantitative estimate of drug-likeness (QED) is 0.651. The minimum absolute atomic E-state index is 0.405. The zero-order chi connectivity index (χ0) is 10.2. The first-order valence-electron chi connectivity index (χ1n) is 5.64. The highest BCUT2D eigenvalue weighted by Gasteiger charge is 2.39. The van der Waals surface area contributed by atoms with E-state index >= 15 is 0 Å². The van der Waals surface area contributed by atoms with Crippen LogP contribution in [-0.4, -0.2) is 0 Å². The van der Waals surface area contributed by atoms with Crippen LogP contribution in [-0.2, 0) is 0 Å². The van der Waals surface area contributed by atoms with Crippen molar-refractivity contribution in [1.82, 2.24) is 0 Å². The highest BCUT2D eigenvalue weighted by Crippen LogP contribution is 2.51. The number of benzene rings is 1. The van der Waals surface area contributed by atoms with Crippen LogP contribution in [0.2, 0.25) is 0 Å². The molecule has 0 nitrogen and oxygen atoms in total. The molecule has 76 valence electrons. The summed E-state index contributed by atoms with van der Waals surface area (Å²) in [5, 5.41) is 0. The van der Waals surface area contributed by atoms with E-state index in [1.54, 1.807) is 0 Å². The van der Waals surface area contributed by atoms with Gasteiger partial charge in [0.25, 0.3) is 0 Å². The Morgan fingerprint density at radius 3 is 2.07 bits per heavy atom. The number of rotatable bonds is 2. The lowest BCUT2D eigenvalue weighted by atomic mass is 9.73. The molecule has 0 bridgehead atoms. The van der Waals surface area contributed by atoms with Crippen LogP contribution in [0.25, 0.3) is 0 Å². The van der Waals surface area contributed by atoms with Crippen LogP contribution in [0.1, 0.15) is 45.1 Å². The van der Waals surface area contributed by atoms with E-state index in [1.165, 1.54) is 18.4 Å². The highest BCUT2D eigenvalue weighted by atomic mass is 14.4. The molecule has 0 heteroatoms. The van der Waals surface area contributed by atoms with Gasteiger partial charge in [-0.25, -0.2) is 0 Å². The van der Waals surface area contributed by atoms with E-state index in [-0.39, 0.29) is 0 Å². The van der Waals surface area contributed by atoms with E-state index in [1.807, 2.05) is 0 Å². The molecule has 0 aliphatic heterocycles. The van der Waals surface area contributed by atoms with Gasteiger partial charge in [0.05, 0.1) is 0 Å². The fourth-order valence-electron chi connectivity index (χ4n) is 2.57.